The average molecular weight is 621 g/mol. The van der Waals surface area contributed by atoms with Crippen molar-refractivity contribution < 1.29 is 33.6 Å². The van der Waals surface area contributed by atoms with Crippen LogP contribution in [0.1, 0.15) is 107 Å². The van der Waals surface area contributed by atoms with Crippen molar-refractivity contribution in [3.63, 3.8) is 0 Å². The summed E-state index contributed by atoms with van der Waals surface area (Å²) >= 11 is 0. The Labute approximate surface area is 261 Å². The van der Waals surface area contributed by atoms with Crippen molar-refractivity contribution in [2.75, 3.05) is 19.6 Å². The first kappa shape index (κ1) is 33.2. The average Bonchev–Trinajstić information content (AvgIpc) is 3.00. The molecular formula is C32H40N6O7. The normalized spacial score (nSPS) is 15.4. The Balaban J connectivity index is 1.44. The highest BCUT2D eigenvalue weighted by molar-refractivity contribution is 6.33. The van der Waals surface area contributed by atoms with Crippen molar-refractivity contribution in [1.29, 1.82) is 0 Å². The molecular weight excluding hydrogens is 580 g/mol. The molecule has 0 aliphatic carbocycles. The second-order valence-corrected chi connectivity index (χ2v) is 11.4. The van der Waals surface area contributed by atoms with Crippen molar-refractivity contribution in [2.45, 2.75) is 77.3 Å². The Kier molecular flexibility index (Phi) is 10.7. The number of hydrogen-bond acceptors (Lipinski definition) is 8. The van der Waals surface area contributed by atoms with Crippen LogP contribution in [-0.2, 0) is 14.4 Å². The van der Waals surface area contributed by atoms with Crippen LogP contribution in [0.5, 0.6) is 0 Å². The number of amides is 7. The predicted octanol–water partition coefficient (Wildman–Crippen LogP) is 1.61. The van der Waals surface area contributed by atoms with Crippen LogP contribution in [0.4, 0.5) is 0 Å². The molecule has 13 heteroatoms. The number of unbranched alkanes of at least 4 members (excludes halogenated alkanes) is 3. The molecule has 45 heavy (non-hydrogen) atoms. The lowest BCUT2D eigenvalue weighted by Crippen LogP contribution is -2.52. The molecule has 240 valence electrons. The summed E-state index contributed by atoms with van der Waals surface area (Å²) in [5.41, 5.74) is 12.1. The van der Waals surface area contributed by atoms with Gasteiger partial charge in [-0.05, 0) is 75.8 Å². The molecule has 4 rings (SSSR count). The van der Waals surface area contributed by atoms with Crippen molar-refractivity contribution in [3.8, 4) is 0 Å². The zero-order valence-electron chi connectivity index (χ0n) is 25.6. The van der Waals surface area contributed by atoms with Crippen molar-refractivity contribution >= 4 is 52.1 Å². The third-order valence-electron chi connectivity index (χ3n) is 8.22. The molecule has 2 aliphatic heterocycles. The van der Waals surface area contributed by atoms with E-state index < -0.39 is 47.5 Å². The topological polar surface area (TPSA) is 202 Å². The van der Waals surface area contributed by atoms with Crippen LogP contribution in [0.3, 0.4) is 0 Å². The SMILES string of the molecule is CCCCN1C(=O)c2ccc3c4c(ccc(c24)C1=O)C(=O)N(CCCC[C@H](NC(=O)[C@H](CCCCN)NC(C)=O)C(N)=O)C3=O. The number of nitrogens with one attached hydrogen (secondary N) is 2. The summed E-state index contributed by atoms with van der Waals surface area (Å²) in [5.74, 6) is -3.63. The minimum absolute atomic E-state index is 0.0395. The highest BCUT2D eigenvalue weighted by Crippen LogP contribution is 2.38. The predicted molar refractivity (Wildman–Crippen MR) is 165 cm³/mol. The maximum atomic E-state index is 13.5. The fourth-order valence-corrected chi connectivity index (χ4v) is 5.88. The van der Waals surface area contributed by atoms with Gasteiger partial charge in [0.2, 0.25) is 17.7 Å². The molecule has 0 saturated carbocycles. The summed E-state index contributed by atoms with van der Waals surface area (Å²) in [5, 5.41) is 5.83. The van der Waals surface area contributed by atoms with E-state index in [2.05, 4.69) is 10.6 Å². The van der Waals surface area contributed by atoms with E-state index in [1.807, 2.05) is 6.92 Å². The first-order valence-corrected chi connectivity index (χ1v) is 15.4. The van der Waals surface area contributed by atoms with Crippen LogP contribution in [0.25, 0.3) is 10.8 Å². The molecule has 0 aromatic heterocycles. The number of carbonyl (C=O) groups excluding carboxylic acids is 7. The first-order chi connectivity index (χ1) is 21.5. The van der Waals surface area contributed by atoms with Gasteiger partial charge in [-0.2, -0.15) is 0 Å². The number of carbonyl (C=O) groups is 7. The standard InChI is InChI=1S/C32H40N6O7/c1-3-4-16-37-29(42)19-11-13-21-26-22(14-12-20(25(19)26)30(37)43)32(45)38(31(21)44)17-8-6-9-23(27(34)40)36-28(41)24(35-18(2)39)10-5-7-15-33/h11-14,23-24H,3-10,15-17,33H2,1-2H3,(H2,34,40)(H,35,39)(H,36,41)/t23-,24-/m0/s1. The molecule has 2 aromatic carbocycles. The van der Waals surface area contributed by atoms with Gasteiger partial charge in [0.25, 0.3) is 23.6 Å². The van der Waals surface area contributed by atoms with E-state index in [0.717, 1.165) is 11.3 Å². The van der Waals surface area contributed by atoms with Crippen LogP contribution >= 0.6 is 0 Å². The van der Waals surface area contributed by atoms with Gasteiger partial charge in [-0.25, -0.2) is 0 Å². The molecule has 0 spiro atoms. The van der Waals surface area contributed by atoms with Gasteiger partial charge in [0.05, 0.1) is 0 Å². The summed E-state index contributed by atoms with van der Waals surface area (Å²) in [6.45, 7) is 4.03. The smallest absolute Gasteiger partial charge is 0.261 e. The number of rotatable bonds is 16. The Bertz CT molecular complexity index is 1480. The molecule has 7 amide bonds. The highest BCUT2D eigenvalue weighted by atomic mass is 16.2. The van der Waals surface area contributed by atoms with E-state index in [4.69, 9.17) is 11.5 Å². The van der Waals surface area contributed by atoms with E-state index in [9.17, 15) is 33.6 Å². The number of imide groups is 2. The summed E-state index contributed by atoms with van der Waals surface area (Å²) < 4.78 is 0. The van der Waals surface area contributed by atoms with Gasteiger partial charge in [-0.15, -0.1) is 0 Å². The molecule has 2 aromatic rings. The Morgan fingerprint density at radius 3 is 1.56 bits per heavy atom. The zero-order valence-corrected chi connectivity index (χ0v) is 25.6. The molecule has 2 heterocycles. The van der Waals surface area contributed by atoms with E-state index in [-0.39, 0.29) is 47.7 Å². The Morgan fingerprint density at radius 1 is 0.689 bits per heavy atom. The number of nitrogens with two attached hydrogens (primary N) is 2. The Hall–Kier alpha value is -4.65. The van der Waals surface area contributed by atoms with Gasteiger partial charge in [0.15, 0.2) is 0 Å². The second-order valence-electron chi connectivity index (χ2n) is 11.4. The molecule has 0 saturated heterocycles. The minimum atomic E-state index is -1.01. The molecule has 2 atom stereocenters. The maximum absolute atomic E-state index is 13.5. The lowest BCUT2D eigenvalue weighted by molar-refractivity contribution is -0.131. The van der Waals surface area contributed by atoms with Crippen molar-refractivity contribution in [2.24, 2.45) is 11.5 Å². The quantitative estimate of drug-likeness (QED) is 0.160. The van der Waals surface area contributed by atoms with E-state index in [1.54, 1.807) is 0 Å². The third kappa shape index (κ3) is 6.88. The molecule has 0 bridgehead atoms. The fraction of sp³-hybridized carbons (Fsp3) is 0.469. The van der Waals surface area contributed by atoms with Gasteiger partial charge >= 0.3 is 0 Å². The van der Waals surface area contributed by atoms with Gasteiger partial charge in [0.1, 0.15) is 12.1 Å². The lowest BCUT2D eigenvalue weighted by atomic mass is 9.86. The van der Waals surface area contributed by atoms with Crippen LogP contribution in [-0.4, -0.2) is 82.9 Å². The van der Waals surface area contributed by atoms with Crippen LogP contribution in [0, 0.1) is 0 Å². The largest absolute Gasteiger partial charge is 0.368 e. The van der Waals surface area contributed by atoms with E-state index in [1.165, 1.54) is 36.1 Å². The van der Waals surface area contributed by atoms with Gasteiger partial charge < -0.3 is 22.1 Å². The molecule has 0 radical (unpaired) electrons. The van der Waals surface area contributed by atoms with Crippen molar-refractivity contribution in [3.05, 3.63) is 46.5 Å². The van der Waals surface area contributed by atoms with Crippen LogP contribution < -0.4 is 22.1 Å². The maximum Gasteiger partial charge on any atom is 0.261 e. The minimum Gasteiger partial charge on any atom is -0.368 e. The highest BCUT2D eigenvalue weighted by Gasteiger charge is 2.39. The monoisotopic (exact) mass is 620 g/mol. The lowest BCUT2D eigenvalue weighted by Gasteiger charge is -2.32. The number of hydrogen-bond donors (Lipinski definition) is 4. The summed E-state index contributed by atoms with van der Waals surface area (Å²) in [6, 6.07) is 4.27. The summed E-state index contributed by atoms with van der Waals surface area (Å²) in [6.07, 6.45) is 3.93. The molecule has 6 N–H and O–H groups in total. The summed E-state index contributed by atoms with van der Waals surface area (Å²) in [7, 11) is 0. The number of benzene rings is 2. The molecule has 0 unspecified atom stereocenters. The van der Waals surface area contributed by atoms with Gasteiger partial charge in [-0.1, -0.05) is 13.3 Å². The molecule has 0 fully saturated rings. The zero-order chi connectivity index (χ0) is 32.8. The van der Waals surface area contributed by atoms with Crippen LogP contribution in [0.2, 0.25) is 0 Å². The molecule has 13 nitrogen and oxygen atoms in total. The summed E-state index contributed by atoms with van der Waals surface area (Å²) in [4.78, 5) is 92.3. The van der Waals surface area contributed by atoms with Gasteiger partial charge in [0, 0.05) is 53.0 Å². The van der Waals surface area contributed by atoms with E-state index in [0.29, 0.717) is 55.8 Å². The van der Waals surface area contributed by atoms with Crippen molar-refractivity contribution in [1.82, 2.24) is 20.4 Å². The fourth-order valence-electron chi connectivity index (χ4n) is 5.88. The number of primary amides is 1. The second kappa shape index (κ2) is 14.4. The first-order valence-electron chi connectivity index (χ1n) is 15.4. The van der Waals surface area contributed by atoms with Crippen LogP contribution in [0.15, 0.2) is 24.3 Å². The Morgan fingerprint density at radius 2 is 1.13 bits per heavy atom. The number of nitrogens with zero attached hydrogens (tertiary/aromatic N) is 2. The van der Waals surface area contributed by atoms with E-state index >= 15 is 0 Å². The van der Waals surface area contributed by atoms with Gasteiger partial charge in [-0.3, -0.25) is 43.4 Å². The third-order valence-corrected chi connectivity index (χ3v) is 8.22. The molecule has 2 aliphatic rings.